The van der Waals surface area contributed by atoms with Crippen molar-refractivity contribution in [2.24, 2.45) is 0 Å². The summed E-state index contributed by atoms with van der Waals surface area (Å²) < 4.78 is 11.3. The molecule has 3 rings (SSSR count). The van der Waals surface area contributed by atoms with Gasteiger partial charge >= 0.3 is 5.97 Å². The minimum absolute atomic E-state index is 0.477. The van der Waals surface area contributed by atoms with E-state index >= 15 is 0 Å². The molecule has 0 spiro atoms. The highest BCUT2D eigenvalue weighted by atomic mass is 16.6. The minimum atomic E-state index is -0.996. The lowest BCUT2D eigenvalue weighted by atomic mass is 9.84. The van der Waals surface area contributed by atoms with Crippen LogP contribution in [-0.2, 0) is 15.1 Å². The molecule has 30 heavy (non-hydrogen) atoms. The Hall–Kier alpha value is -2.85. The summed E-state index contributed by atoms with van der Waals surface area (Å²) in [5.41, 5.74) is 0.428. The number of ether oxygens (including phenoxy) is 2. The van der Waals surface area contributed by atoms with E-state index in [-0.39, 0.29) is 0 Å². The Bertz CT molecular complexity index is 989. The number of benzene rings is 3. The van der Waals surface area contributed by atoms with Crippen molar-refractivity contribution in [1.29, 1.82) is 0 Å². The van der Waals surface area contributed by atoms with E-state index in [1.165, 1.54) is 7.11 Å². The van der Waals surface area contributed by atoms with Crippen molar-refractivity contribution in [3.63, 3.8) is 0 Å². The molecule has 0 saturated carbocycles. The summed E-state index contributed by atoms with van der Waals surface area (Å²) in [7, 11) is 1.36. The fraction of sp³-hybridized carbons (Fsp3) is 0.346. The van der Waals surface area contributed by atoms with Crippen molar-refractivity contribution in [3.8, 4) is 5.75 Å². The molecule has 0 aliphatic rings. The van der Waals surface area contributed by atoms with Gasteiger partial charge in [0.15, 0.2) is 0 Å². The topological polar surface area (TPSA) is 55.8 Å². The SMILES string of the molecule is CCCC(O)(CCC)c1ccccc1OC(C(=O)OC)c1ccc2ccccc2c1. The summed E-state index contributed by atoms with van der Waals surface area (Å²) in [6, 6.07) is 21.2. The zero-order chi connectivity index (χ0) is 21.6. The summed E-state index contributed by atoms with van der Waals surface area (Å²) >= 11 is 0. The van der Waals surface area contributed by atoms with Gasteiger partial charge in [-0.3, -0.25) is 0 Å². The van der Waals surface area contributed by atoms with E-state index < -0.39 is 17.7 Å². The summed E-state index contributed by atoms with van der Waals surface area (Å²) in [5.74, 6) is 0.0278. The fourth-order valence-electron chi connectivity index (χ4n) is 4.03. The van der Waals surface area contributed by atoms with Gasteiger partial charge < -0.3 is 14.6 Å². The van der Waals surface area contributed by atoms with Crippen LogP contribution in [0.5, 0.6) is 5.75 Å². The minimum Gasteiger partial charge on any atom is -0.474 e. The molecule has 0 heterocycles. The Morgan fingerprint density at radius 3 is 2.23 bits per heavy atom. The van der Waals surface area contributed by atoms with Gasteiger partial charge in [-0.05, 0) is 35.7 Å². The molecule has 0 radical (unpaired) electrons. The number of carbonyl (C=O) groups excluding carboxylic acids is 1. The molecule has 0 saturated heterocycles. The highest BCUT2D eigenvalue weighted by molar-refractivity contribution is 5.85. The van der Waals surface area contributed by atoms with Crippen LogP contribution in [0.3, 0.4) is 0 Å². The van der Waals surface area contributed by atoms with Crippen LogP contribution in [0.1, 0.15) is 56.8 Å². The number of fused-ring (bicyclic) bond motifs is 1. The quantitative estimate of drug-likeness (QED) is 0.448. The standard InChI is InChI=1S/C26H30O4/c1-4-16-26(28,17-5-2)22-12-8-9-13-23(22)30-24(25(27)29-3)21-15-14-19-10-6-7-11-20(19)18-21/h6-15,18,24,28H,4-5,16-17H2,1-3H3. The van der Waals surface area contributed by atoms with E-state index in [1.807, 2.05) is 66.7 Å². The second kappa shape index (κ2) is 9.77. The van der Waals surface area contributed by atoms with Crippen LogP contribution >= 0.6 is 0 Å². The first kappa shape index (κ1) is 21.8. The summed E-state index contributed by atoms with van der Waals surface area (Å²) in [4.78, 5) is 12.7. The highest BCUT2D eigenvalue weighted by Crippen LogP contribution is 2.39. The Balaban J connectivity index is 2.03. The van der Waals surface area contributed by atoms with Gasteiger partial charge in [0.05, 0.1) is 12.7 Å². The molecule has 0 aromatic heterocycles. The third-order valence-corrected chi connectivity index (χ3v) is 5.45. The highest BCUT2D eigenvalue weighted by Gasteiger charge is 2.32. The van der Waals surface area contributed by atoms with Crippen LogP contribution < -0.4 is 4.74 Å². The lowest BCUT2D eigenvalue weighted by molar-refractivity contribution is -0.149. The molecule has 4 nitrogen and oxygen atoms in total. The molecule has 4 heteroatoms. The van der Waals surface area contributed by atoms with Crippen molar-refractivity contribution in [1.82, 2.24) is 0 Å². The van der Waals surface area contributed by atoms with Gasteiger partial charge in [0.1, 0.15) is 5.75 Å². The van der Waals surface area contributed by atoms with Crippen LogP contribution in [0.15, 0.2) is 66.7 Å². The molecule has 3 aromatic carbocycles. The molecular weight excluding hydrogens is 376 g/mol. The largest absolute Gasteiger partial charge is 0.474 e. The number of para-hydroxylation sites is 1. The zero-order valence-electron chi connectivity index (χ0n) is 17.9. The molecular formula is C26H30O4. The zero-order valence-corrected chi connectivity index (χ0v) is 17.9. The Labute approximate surface area is 178 Å². The first-order chi connectivity index (χ1) is 14.5. The van der Waals surface area contributed by atoms with E-state index in [9.17, 15) is 9.90 Å². The van der Waals surface area contributed by atoms with Crippen molar-refractivity contribution in [2.45, 2.75) is 51.2 Å². The van der Waals surface area contributed by atoms with Gasteiger partial charge in [-0.1, -0.05) is 81.3 Å². The number of rotatable bonds is 9. The smallest absolute Gasteiger partial charge is 0.351 e. The third kappa shape index (κ3) is 4.65. The van der Waals surface area contributed by atoms with Crippen LogP contribution in [0.2, 0.25) is 0 Å². The number of hydrogen-bond donors (Lipinski definition) is 1. The van der Waals surface area contributed by atoms with E-state index in [2.05, 4.69) is 13.8 Å². The molecule has 0 fully saturated rings. The molecule has 158 valence electrons. The molecule has 0 amide bonds. The Morgan fingerprint density at radius 2 is 1.57 bits per heavy atom. The number of aliphatic hydroxyl groups is 1. The van der Waals surface area contributed by atoms with Crippen LogP contribution in [0.4, 0.5) is 0 Å². The summed E-state index contributed by atoms with van der Waals surface area (Å²) in [5, 5.41) is 13.5. The van der Waals surface area contributed by atoms with E-state index in [4.69, 9.17) is 9.47 Å². The molecule has 1 unspecified atom stereocenters. The normalized spacial score (nSPS) is 12.5. The molecule has 0 aliphatic heterocycles. The second-order valence-electron chi connectivity index (χ2n) is 7.66. The third-order valence-electron chi connectivity index (χ3n) is 5.45. The van der Waals surface area contributed by atoms with E-state index in [0.29, 0.717) is 29.7 Å². The average Bonchev–Trinajstić information content (AvgIpc) is 2.77. The van der Waals surface area contributed by atoms with Crippen LogP contribution in [0.25, 0.3) is 10.8 Å². The Morgan fingerprint density at radius 1 is 0.933 bits per heavy atom. The van der Waals surface area contributed by atoms with E-state index in [0.717, 1.165) is 23.6 Å². The average molecular weight is 407 g/mol. The van der Waals surface area contributed by atoms with Crippen molar-refractivity contribution in [2.75, 3.05) is 7.11 Å². The maximum atomic E-state index is 12.7. The van der Waals surface area contributed by atoms with Crippen LogP contribution in [-0.4, -0.2) is 18.2 Å². The van der Waals surface area contributed by atoms with Crippen LogP contribution in [0, 0.1) is 0 Å². The number of hydrogen-bond acceptors (Lipinski definition) is 4. The van der Waals surface area contributed by atoms with Crippen molar-refractivity contribution >= 4 is 16.7 Å². The number of carbonyl (C=O) groups is 1. The molecule has 0 bridgehead atoms. The second-order valence-corrected chi connectivity index (χ2v) is 7.66. The van der Waals surface area contributed by atoms with Gasteiger partial charge in [0.2, 0.25) is 6.10 Å². The fourth-order valence-corrected chi connectivity index (χ4v) is 4.03. The summed E-state index contributed by atoms with van der Waals surface area (Å²) in [6.07, 6.45) is 2.01. The summed E-state index contributed by atoms with van der Waals surface area (Å²) in [6.45, 7) is 4.10. The number of esters is 1. The molecule has 0 aliphatic carbocycles. The maximum absolute atomic E-state index is 12.7. The first-order valence-electron chi connectivity index (χ1n) is 10.6. The predicted octanol–water partition coefficient (Wildman–Crippen LogP) is 5.92. The molecule has 3 aromatic rings. The van der Waals surface area contributed by atoms with Gasteiger partial charge in [0, 0.05) is 11.1 Å². The molecule has 1 atom stereocenters. The van der Waals surface area contributed by atoms with Gasteiger partial charge in [0.25, 0.3) is 0 Å². The van der Waals surface area contributed by atoms with Crippen molar-refractivity contribution < 1.29 is 19.4 Å². The van der Waals surface area contributed by atoms with E-state index in [1.54, 1.807) is 0 Å². The van der Waals surface area contributed by atoms with Gasteiger partial charge in [-0.15, -0.1) is 0 Å². The molecule has 1 N–H and O–H groups in total. The lowest BCUT2D eigenvalue weighted by Crippen LogP contribution is -2.27. The number of methoxy groups -OCH3 is 1. The lowest BCUT2D eigenvalue weighted by Gasteiger charge is -2.31. The monoisotopic (exact) mass is 406 g/mol. The predicted molar refractivity (Wildman–Crippen MR) is 119 cm³/mol. The van der Waals surface area contributed by atoms with Crippen molar-refractivity contribution in [3.05, 3.63) is 77.9 Å². The van der Waals surface area contributed by atoms with Gasteiger partial charge in [-0.2, -0.15) is 0 Å². The maximum Gasteiger partial charge on any atom is 0.351 e. The Kier molecular flexibility index (Phi) is 7.11. The van der Waals surface area contributed by atoms with Gasteiger partial charge in [-0.25, -0.2) is 4.79 Å². The first-order valence-corrected chi connectivity index (χ1v) is 10.6.